The molecule has 1 aromatic rings. The maximum Gasteiger partial charge on any atom is 0.119 e. The average molecular weight is 230 g/mol. The van der Waals surface area contributed by atoms with Crippen molar-refractivity contribution in [2.45, 2.75) is 6.54 Å². The molecule has 0 unspecified atom stereocenters. The first-order chi connectivity index (χ1) is 7.27. The van der Waals surface area contributed by atoms with Crippen molar-refractivity contribution >= 4 is 11.6 Å². The van der Waals surface area contributed by atoms with Crippen LogP contribution in [0.25, 0.3) is 0 Å². The van der Waals surface area contributed by atoms with Crippen molar-refractivity contribution in [1.29, 1.82) is 0 Å². The Morgan fingerprint density at radius 2 is 2.13 bits per heavy atom. The summed E-state index contributed by atoms with van der Waals surface area (Å²) in [6.07, 6.45) is 0. The van der Waals surface area contributed by atoms with Gasteiger partial charge >= 0.3 is 0 Å². The van der Waals surface area contributed by atoms with Crippen LogP contribution in [0, 0.1) is 0 Å². The van der Waals surface area contributed by atoms with Crippen molar-refractivity contribution in [3.8, 4) is 5.75 Å². The van der Waals surface area contributed by atoms with Gasteiger partial charge in [-0.25, -0.2) is 0 Å². The Bertz CT molecular complexity index is 305. The zero-order valence-corrected chi connectivity index (χ0v) is 9.80. The third-order valence-electron chi connectivity index (χ3n) is 2.05. The predicted octanol–water partition coefficient (Wildman–Crippen LogP) is 2.08. The number of nitrogens with one attached hydrogen (secondary N) is 1. The van der Waals surface area contributed by atoms with Crippen molar-refractivity contribution in [1.82, 2.24) is 5.32 Å². The van der Waals surface area contributed by atoms with Crippen LogP contribution in [0.4, 0.5) is 0 Å². The number of benzene rings is 1. The second-order valence-electron chi connectivity index (χ2n) is 3.13. The molecular formula is C11H16ClNO2. The number of halogens is 1. The standard InChI is InChI=1S/C11H16ClNO2/c1-14-6-5-13-8-9-7-10(15-2)3-4-11(9)12/h3-4,7,13H,5-6,8H2,1-2H3. The fraction of sp³-hybridized carbons (Fsp3) is 0.455. The monoisotopic (exact) mass is 229 g/mol. The van der Waals surface area contributed by atoms with E-state index < -0.39 is 0 Å². The lowest BCUT2D eigenvalue weighted by atomic mass is 10.2. The summed E-state index contributed by atoms with van der Waals surface area (Å²) in [6, 6.07) is 5.62. The first-order valence-electron chi connectivity index (χ1n) is 4.80. The van der Waals surface area contributed by atoms with Crippen LogP contribution in [-0.2, 0) is 11.3 Å². The van der Waals surface area contributed by atoms with Gasteiger partial charge in [0.05, 0.1) is 13.7 Å². The molecule has 4 heteroatoms. The fourth-order valence-electron chi connectivity index (χ4n) is 1.21. The minimum absolute atomic E-state index is 0.696. The highest BCUT2D eigenvalue weighted by Crippen LogP contribution is 2.21. The molecule has 0 saturated heterocycles. The van der Waals surface area contributed by atoms with Gasteiger partial charge in [0.25, 0.3) is 0 Å². The molecule has 1 rings (SSSR count). The van der Waals surface area contributed by atoms with Crippen LogP contribution in [-0.4, -0.2) is 27.4 Å². The van der Waals surface area contributed by atoms with Gasteiger partial charge in [0.1, 0.15) is 5.75 Å². The number of hydrogen-bond donors (Lipinski definition) is 1. The topological polar surface area (TPSA) is 30.5 Å². The molecule has 0 saturated carbocycles. The minimum atomic E-state index is 0.696. The smallest absolute Gasteiger partial charge is 0.119 e. The fourth-order valence-corrected chi connectivity index (χ4v) is 1.40. The molecule has 0 aliphatic rings. The Labute approximate surface area is 95.3 Å². The number of hydrogen-bond acceptors (Lipinski definition) is 3. The predicted molar refractivity (Wildman–Crippen MR) is 61.6 cm³/mol. The summed E-state index contributed by atoms with van der Waals surface area (Å²) in [4.78, 5) is 0. The third-order valence-corrected chi connectivity index (χ3v) is 2.42. The Hall–Kier alpha value is -0.770. The number of methoxy groups -OCH3 is 2. The van der Waals surface area contributed by atoms with Crippen LogP contribution in [0.5, 0.6) is 5.75 Å². The van der Waals surface area contributed by atoms with E-state index in [0.29, 0.717) is 6.61 Å². The highest BCUT2D eigenvalue weighted by molar-refractivity contribution is 6.31. The van der Waals surface area contributed by atoms with Crippen molar-refractivity contribution < 1.29 is 9.47 Å². The van der Waals surface area contributed by atoms with Crippen molar-refractivity contribution in [3.05, 3.63) is 28.8 Å². The van der Waals surface area contributed by atoms with E-state index in [2.05, 4.69) is 5.32 Å². The van der Waals surface area contributed by atoms with E-state index in [1.165, 1.54) is 0 Å². The van der Waals surface area contributed by atoms with Gasteiger partial charge in [-0.2, -0.15) is 0 Å². The quantitative estimate of drug-likeness (QED) is 0.758. The van der Waals surface area contributed by atoms with E-state index in [1.807, 2.05) is 18.2 Å². The van der Waals surface area contributed by atoms with E-state index in [-0.39, 0.29) is 0 Å². The Balaban J connectivity index is 2.51. The molecule has 0 fully saturated rings. The zero-order chi connectivity index (χ0) is 11.1. The largest absolute Gasteiger partial charge is 0.497 e. The average Bonchev–Trinajstić information content (AvgIpc) is 2.26. The minimum Gasteiger partial charge on any atom is -0.497 e. The molecule has 0 spiro atoms. The normalized spacial score (nSPS) is 10.3. The van der Waals surface area contributed by atoms with E-state index in [0.717, 1.165) is 29.4 Å². The Morgan fingerprint density at radius 3 is 2.80 bits per heavy atom. The van der Waals surface area contributed by atoms with Gasteiger partial charge in [0.15, 0.2) is 0 Å². The lowest BCUT2D eigenvalue weighted by Gasteiger charge is -2.08. The van der Waals surface area contributed by atoms with E-state index in [1.54, 1.807) is 14.2 Å². The highest BCUT2D eigenvalue weighted by Gasteiger charge is 2.01. The van der Waals surface area contributed by atoms with Gasteiger partial charge < -0.3 is 14.8 Å². The van der Waals surface area contributed by atoms with Gasteiger partial charge in [-0.3, -0.25) is 0 Å². The lowest BCUT2D eigenvalue weighted by molar-refractivity contribution is 0.199. The summed E-state index contributed by atoms with van der Waals surface area (Å²) < 4.78 is 10.1. The van der Waals surface area contributed by atoms with Crippen LogP contribution in [0.2, 0.25) is 5.02 Å². The van der Waals surface area contributed by atoms with Gasteiger partial charge in [0, 0.05) is 25.2 Å². The Kier molecular flexibility index (Phi) is 5.47. The Morgan fingerprint density at radius 1 is 1.33 bits per heavy atom. The molecular weight excluding hydrogens is 214 g/mol. The molecule has 0 aliphatic heterocycles. The molecule has 3 nitrogen and oxygen atoms in total. The van der Waals surface area contributed by atoms with E-state index in [9.17, 15) is 0 Å². The highest BCUT2D eigenvalue weighted by atomic mass is 35.5. The van der Waals surface area contributed by atoms with Crippen LogP contribution in [0.3, 0.4) is 0 Å². The van der Waals surface area contributed by atoms with E-state index in [4.69, 9.17) is 21.1 Å². The van der Waals surface area contributed by atoms with Gasteiger partial charge in [0.2, 0.25) is 0 Å². The SMILES string of the molecule is COCCNCc1cc(OC)ccc1Cl. The van der Waals surface area contributed by atoms with Crippen LogP contribution in [0.1, 0.15) is 5.56 Å². The first-order valence-corrected chi connectivity index (χ1v) is 5.17. The molecule has 1 N–H and O–H groups in total. The first kappa shape index (κ1) is 12.3. The van der Waals surface area contributed by atoms with Crippen molar-refractivity contribution in [2.24, 2.45) is 0 Å². The third kappa shape index (κ3) is 4.08. The molecule has 1 aromatic carbocycles. The maximum atomic E-state index is 6.04. The van der Waals surface area contributed by atoms with E-state index >= 15 is 0 Å². The molecule has 84 valence electrons. The van der Waals surface area contributed by atoms with Gasteiger partial charge in [-0.05, 0) is 23.8 Å². The molecule has 0 atom stereocenters. The lowest BCUT2D eigenvalue weighted by Crippen LogP contribution is -2.18. The zero-order valence-electron chi connectivity index (χ0n) is 9.05. The molecule has 0 bridgehead atoms. The van der Waals surface area contributed by atoms with Gasteiger partial charge in [-0.15, -0.1) is 0 Å². The number of ether oxygens (including phenoxy) is 2. The molecule has 0 heterocycles. The molecule has 0 radical (unpaired) electrons. The second kappa shape index (κ2) is 6.67. The summed E-state index contributed by atoms with van der Waals surface area (Å²) in [7, 11) is 3.32. The van der Waals surface area contributed by atoms with Crippen LogP contribution >= 0.6 is 11.6 Å². The summed E-state index contributed by atoms with van der Waals surface area (Å²) in [6.45, 7) is 2.23. The molecule has 0 aromatic heterocycles. The summed E-state index contributed by atoms with van der Waals surface area (Å²) >= 11 is 6.04. The summed E-state index contributed by atoms with van der Waals surface area (Å²) in [5, 5.41) is 3.98. The maximum absolute atomic E-state index is 6.04. The molecule has 15 heavy (non-hydrogen) atoms. The van der Waals surface area contributed by atoms with Gasteiger partial charge in [-0.1, -0.05) is 11.6 Å². The molecule has 0 aliphatic carbocycles. The second-order valence-corrected chi connectivity index (χ2v) is 3.53. The number of rotatable bonds is 6. The summed E-state index contributed by atoms with van der Waals surface area (Å²) in [5.41, 5.74) is 1.03. The summed E-state index contributed by atoms with van der Waals surface area (Å²) in [5.74, 6) is 0.822. The molecule has 0 amide bonds. The van der Waals surface area contributed by atoms with Crippen LogP contribution in [0.15, 0.2) is 18.2 Å². The van der Waals surface area contributed by atoms with Crippen molar-refractivity contribution in [2.75, 3.05) is 27.4 Å². The van der Waals surface area contributed by atoms with Crippen molar-refractivity contribution in [3.63, 3.8) is 0 Å². The van der Waals surface area contributed by atoms with Crippen LogP contribution < -0.4 is 10.1 Å².